The summed E-state index contributed by atoms with van der Waals surface area (Å²) in [7, 11) is -7.53. The second kappa shape index (κ2) is 8.13. The first kappa shape index (κ1) is 22.1. The molecule has 1 aromatic carbocycles. The van der Waals surface area contributed by atoms with E-state index in [-0.39, 0.29) is 0 Å². The highest BCUT2D eigenvalue weighted by Gasteiger charge is 2.59. The standard InChI is InChI=1S/C22H34N2O3SSi2/c1-5-29(6-2)19-15-20(30(7-3,8-4)27-29)17-24(16-19)28(25,26)21-13-9-11-18-12-10-14-23-22(18)21/h9-14,19-20H,5-8,15-17H2,1-4H3/t19-,20+. The maximum absolute atomic E-state index is 13.9. The van der Waals surface area contributed by atoms with Gasteiger partial charge in [-0.05, 0) is 53.8 Å². The van der Waals surface area contributed by atoms with Crippen LogP contribution in [0.15, 0.2) is 41.4 Å². The number of sulfonamides is 1. The zero-order chi connectivity index (χ0) is 21.6. The van der Waals surface area contributed by atoms with Gasteiger partial charge in [-0.2, -0.15) is 4.31 Å². The minimum Gasteiger partial charge on any atom is -0.454 e. The molecule has 3 heterocycles. The molecule has 2 atom stereocenters. The van der Waals surface area contributed by atoms with Gasteiger partial charge < -0.3 is 4.12 Å². The molecule has 0 saturated carbocycles. The van der Waals surface area contributed by atoms with E-state index < -0.39 is 26.7 Å². The molecular weight excluding hydrogens is 428 g/mol. The lowest BCUT2D eigenvalue weighted by molar-refractivity contribution is 0.279. The monoisotopic (exact) mass is 462 g/mol. The van der Waals surface area contributed by atoms with E-state index in [9.17, 15) is 8.42 Å². The Bertz CT molecular complexity index is 991. The Labute approximate surface area is 183 Å². The first-order valence-electron chi connectivity index (χ1n) is 11.4. The molecule has 0 unspecified atom stereocenters. The summed E-state index contributed by atoms with van der Waals surface area (Å²) < 4.78 is 36.8. The number of nitrogens with zero attached hydrogens (tertiary/aromatic N) is 2. The largest absolute Gasteiger partial charge is 0.454 e. The molecule has 0 spiro atoms. The molecule has 0 radical (unpaired) electrons. The second-order valence-corrected chi connectivity index (χ2v) is 20.4. The molecule has 164 valence electrons. The lowest BCUT2D eigenvalue weighted by atomic mass is 10.1. The van der Waals surface area contributed by atoms with Crippen molar-refractivity contribution in [1.82, 2.24) is 9.29 Å². The molecule has 0 N–H and O–H groups in total. The van der Waals surface area contributed by atoms with Crippen LogP contribution in [0.25, 0.3) is 10.9 Å². The third kappa shape index (κ3) is 3.31. The minimum atomic E-state index is -3.60. The van der Waals surface area contributed by atoms with E-state index in [1.165, 1.54) is 6.42 Å². The van der Waals surface area contributed by atoms with Crippen molar-refractivity contribution in [3.05, 3.63) is 36.5 Å². The summed E-state index contributed by atoms with van der Waals surface area (Å²) in [4.78, 5) is 4.77. The summed E-state index contributed by atoms with van der Waals surface area (Å²) in [6.07, 6.45) is 2.85. The van der Waals surface area contributed by atoms with E-state index in [4.69, 9.17) is 4.12 Å². The number of rotatable bonds is 6. The van der Waals surface area contributed by atoms with Gasteiger partial charge in [-0.1, -0.05) is 45.9 Å². The lowest BCUT2D eigenvalue weighted by Gasteiger charge is -2.58. The number of piperidine rings is 1. The van der Waals surface area contributed by atoms with Crippen LogP contribution in [0.3, 0.4) is 0 Å². The van der Waals surface area contributed by atoms with Crippen LogP contribution < -0.4 is 0 Å². The number of para-hydroxylation sites is 1. The fourth-order valence-electron chi connectivity index (χ4n) is 5.96. The minimum absolute atomic E-state index is 0.349. The molecule has 2 bridgehead atoms. The molecule has 2 saturated heterocycles. The van der Waals surface area contributed by atoms with E-state index in [2.05, 4.69) is 32.7 Å². The smallest absolute Gasteiger partial charge is 0.245 e. The first-order chi connectivity index (χ1) is 14.4. The molecule has 2 aliphatic rings. The molecule has 8 heteroatoms. The molecule has 0 amide bonds. The van der Waals surface area contributed by atoms with Gasteiger partial charge in [0, 0.05) is 24.7 Å². The van der Waals surface area contributed by atoms with E-state index in [0.29, 0.717) is 34.6 Å². The van der Waals surface area contributed by atoms with Crippen LogP contribution in [-0.4, -0.2) is 47.4 Å². The molecule has 2 aromatic rings. The SMILES string of the molecule is CC[Si]1(CC)O[Si](CC)(CC)[C@H]2C[C@@H]1CN(S(=O)(=O)c1cccc3cccnc13)C2. The number of pyridine rings is 1. The average Bonchev–Trinajstić information content (AvgIpc) is 2.79. The van der Waals surface area contributed by atoms with Gasteiger partial charge in [-0.15, -0.1) is 0 Å². The van der Waals surface area contributed by atoms with Crippen LogP contribution in [0, 0.1) is 0 Å². The van der Waals surface area contributed by atoms with Gasteiger partial charge in [0.05, 0.1) is 5.52 Å². The summed E-state index contributed by atoms with van der Waals surface area (Å²) >= 11 is 0. The van der Waals surface area contributed by atoms with Crippen molar-refractivity contribution in [3.8, 4) is 0 Å². The predicted molar refractivity (Wildman–Crippen MR) is 127 cm³/mol. The summed E-state index contributed by atoms with van der Waals surface area (Å²) in [5.74, 6) is 0. The number of fused-ring (bicyclic) bond motifs is 3. The maximum atomic E-state index is 13.9. The van der Waals surface area contributed by atoms with Gasteiger partial charge in [0.15, 0.2) is 16.6 Å². The summed E-state index contributed by atoms with van der Waals surface area (Å²) in [6, 6.07) is 13.6. The van der Waals surface area contributed by atoms with Crippen molar-refractivity contribution in [2.45, 2.75) is 74.3 Å². The van der Waals surface area contributed by atoms with E-state index in [1.54, 1.807) is 16.6 Å². The number of benzene rings is 1. The molecule has 2 aliphatic heterocycles. The van der Waals surface area contributed by atoms with E-state index >= 15 is 0 Å². The average molecular weight is 463 g/mol. The van der Waals surface area contributed by atoms with Crippen LogP contribution in [0.4, 0.5) is 0 Å². The summed E-state index contributed by atoms with van der Waals surface area (Å²) in [5.41, 5.74) is 1.36. The number of hydrogen-bond acceptors (Lipinski definition) is 4. The van der Waals surface area contributed by atoms with Gasteiger partial charge in [0.1, 0.15) is 4.90 Å². The Morgan fingerprint density at radius 1 is 0.967 bits per heavy atom. The fourth-order valence-corrected chi connectivity index (χ4v) is 20.9. The number of aromatic nitrogens is 1. The van der Waals surface area contributed by atoms with Gasteiger partial charge in [-0.25, -0.2) is 8.42 Å². The van der Waals surface area contributed by atoms with Gasteiger partial charge >= 0.3 is 0 Å². The molecule has 2 fully saturated rings. The zero-order valence-electron chi connectivity index (χ0n) is 18.6. The highest BCUT2D eigenvalue weighted by atomic mass is 32.2. The van der Waals surface area contributed by atoms with Crippen molar-refractivity contribution in [1.29, 1.82) is 0 Å². The maximum Gasteiger partial charge on any atom is 0.245 e. The summed E-state index contributed by atoms with van der Waals surface area (Å²) in [5, 5.41) is 0.871. The first-order valence-corrected chi connectivity index (χ1v) is 17.6. The van der Waals surface area contributed by atoms with Crippen molar-refractivity contribution < 1.29 is 12.5 Å². The Morgan fingerprint density at radius 2 is 1.53 bits per heavy atom. The Balaban J connectivity index is 1.79. The second-order valence-electron chi connectivity index (χ2n) is 8.93. The molecule has 30 heavy (non-hydrogen) atoms. The Kier molecular flexibility index (Phi) is 6.00. The predicted octanol–water partition coefficient (Wildman–Crippen LogP) is 5.37. The van der Waals surface area contributed by atoms with Crippen LogP contribution in [0.1, 0.15) is 34.1 Å². The fraction of sp³-hybridized carbons (Fsp3) is 0.591. The van der Waals surface area contributed by atoms with Gasteiger partial charge in [0.2, 0.25) is 10.0 Å². The third-order valence-electron chi connectivity index (χ3n) is 7.92. The lowest BCUT2D eigenvalue weighted by Crippen LogP contribution is -2.66. The van der Waals surface area contributed by atoms with E-state index in [0.717, 1.165) is 29.6 Å². The quantitative estimate of drug-likeness (QED) is 0.542. The highest BCUT2D eigenvalue weighted by molar-refractivity contribution is 7.89. The van der Waals surface area contributed by atoms with Crippen molar-refractivity contribution >= 4 is 37.6 Å². The molecule has 4 rings (SSSR count). The van der Waals surface area contributed by atoms with Crippen molar-refractivity contribution in [2.24, 2.45) is 0 Å². The zero-order valence-corrected chi connectivity index (χ0v) is 21.4. The molecule has 0 aliphatic carbocycles. The van der Waals surface area contributed by atoms with Crippen LogP contribution >= 0.6 is 0 Å². The Morgan fingerprint density at radius 3 is 2.10 bits per heavy atom. The summed E-state index contributed by atoms with van der Waals surface area (Å²) in [6.45, 7) is 10.3. The Hall–Kier alpha value is -1.07. The molecule has 1 aromatic heterocycles. The van der Waals surface area contributed by atoms with Gasteiger partial charge in [0.25, 0.3) is 0 Å². The highest BCUT2D eigenvalue weighted by Crippen LogP contribution is 2.54. The van der Waals surface area contributed by atoms with Crippen molar-refractivity contribution in [3.63, 3.8) is 0 Å². The van der Waals surface area contributed by atoms with Crippen LogP contribution in [-0.2, 0) is 14.1 Å². The number of hydrogen-bond donors (Lipinski definition) is 0. The molecule has 5 nitrogen and oxygen atoms in total. The molecular formula is C22H34N2O3SSi2. The van der Waals surface area contributed by atoms with Crippen LogP contribution in [0.5, 0.6) is 0 Å². The van der Waals surface area contributed by atoms with Crippen LogP contribution in [0.2, 0.25) is 35.3 Å². The normalized spacial score (nSPS) is 26.0. The third-order valence-corrected chi connectivity index (χ3v) is 21.6. The van der Waals surface area contributed by atoms with E-state index in [1.807, 2.05) is 24.3 Å². The topological polar surface area (TPSA) is 59.5 Å². The van der Waals surface area contributed by atoms with Crippen molar-refractivity contribution in [2.75, 3.05) is 13.1 Å². The van der Waals surface area contributed by atoms with Gasteiger partial charge in [-0.3, -0.25) is 4.98 Å².